The summed E-state index contributed by atoms with van der Waals surface area (Å²) in [6.45, 7) is 11.2. The quantitative estimate of drug-likeness (QED) is 0.271. The van der Waals surface area contributed by atoms with Crippen molar-refractivity contribution in [3.8, 4) is 5.69 Å². The fraction of sp³-hybridized carbons (Fsp3) is 0.345. The summed E-state index contributed by atoms with van der Waals surface area (Å²) in [5.41, 5.74) is 3.98. The number of hydrogen-bond donors (Lipinski definition) is 1. The van der Waals surface area contributed by atoms with E-state index in [1.807, 2.05) is 68.4 Å². The van der Waals surface area contributed by atoms with Gasteiger partial charge in [-0.05, 0) is 57.6 Å². The van der Waals surface area contributed by atoms with Gasteiger partial charge in [-0.2, -0.15) is 5.10 Å². The first-order valence-corrected chi connectivity index (χ1v) is 12.5. The number of hydrogen-bond acceptors (Lipinski definition) is 5. The molecule has 1 aromatic heterocycles. The smallest absolute Gasteiger partial charge is 0.295 e. The summed E-state index contributed by atoms with van der Waals surface area (Å²) in [7, 11) is 0. The molecule has 1 fully saturated rings. The molecule has 4 rings (SSSR count). The third-order valence-electron chi connectivity index (χ3n) is 6.97. The molecule has 0 radical (unpaired) electrons. The van der Waals surface area contributed by atoms with E-state index in [9.17, 15) is 14.7 Å². The molecule has 1 amide bonds. The van der Waals surface area contributed by atoms with Crippen molar-refractivity contribution in [1.29, 1.82) is 0 Å². The molecule has 188 valence electrons. The van der Waals surface area contributed by atoms with Crippen LogP contribution in [-0.2, 0) is 9.59 Å². The highest BCUT2D eigenvalue weighted by molar-refractivity contribution is 6.46. The largest absolute Gasteiger partial charge is 0.507 e. The molecule has 1 saturated heterocycles. The molecule has 7 heteroatoms. The van der Waals surface area contributed by atoms with Crippen LogP contribution < -0.4 is 0 Å². The van der Waals surface area contributed by atoms with Crippen molar-refractivity contribution in [2.45, 2.75) is 40.2 Å². The van der Waals surface area contributed by atoms with E-state index < -0.39 is 17.7 Å². The summed E-state index contributed by atoms with van der Waals surface area (Å²) in [4.78, 5) is 30.5. The van der Waals surface area contributed by atoms with Crippen LogP contribution in [0.25, 0.3) is 11.4 Å². The Hall–Kier alpha value is -3.71. The van der Waals surface area contributed by atoms with Gasteiger partial charge in [-0.3, -0.25) is 9.59 Å². The number of carbonyl (C=O) groups excluding carboxylic acids is 2. The Bertz CT molecular complexity index is 1260. The lowest BCUT2D eigenvalue weighted by atomic mass is 9.95. The fourth-order valence-electron chi connectivity index (χ4n) is 4.83. The number of Topliss-reactive ketones (excluding diaryl/α,β-unsaturated/α-hetero) is 1. The molecule has 1 unspecified atom stereocenters. The second-order valence-corrected chi connectivity index (χ2v) is 9.17. The molecule has 2 heterocycles. The zero-order valence-corrected chi connectivity index (χ0v) is 21.4. The van der Waals surface area contributed by atoms with Crippen LogP contribution in [0.15, 0.2) is 66.4 Å². The molecule has 3 aromatic rings. The topological polar surface area (TPSA) is 78.7 Å². The lowest BCUT2D eigenvalue weighted by Crippen LogP contribution is -2.33. The van der Waals surface area contributed by atoms with Gasteiger partial charge in [0.05, 0.1) is 34.8 Å². The molecule has 7 nitrogen and oxygen atoms in total. The molecule has 36 heavy (non-hydrogen) atoms. The van der Waals surface area contributed by atoms with E-state index in [1.165, 1.54) is 0 Å². The Balaban J connectivity index is 1.76. The standard InChI is InChI=1S/C29H34N4O3/c1-5-31(6-2)17-10-18-32-26(22-15-13-20(3)14-16-22)25(28(35)29(32)36)27(34)24-19-30-33(21(24)4)23-11-8-7-9-12-23/h7-9,11-16,19,26,34H,5-6,10,17-18H2,1-4H3. The van der Waals surface area contributed by atoms with Crippen molar-refractivity contribution in [3.05, 3.63) is 88.8 Å². The Morgan fingerprint density at radius 2 is 1.67 bits per heavy atom. The fourth-order valence-corrected chi connectivity index (χ4v) is 4.83. The van der Waals surface area contributed by atoms with Crippen LogP contribution in [0.1, 0.15) is 48.7 Å². The van der Waals surface area contributed by atoms with E-state index in [0.29, 0.717) is 17.8 Å². The van der Waals surface area contributed by atoms with E-state index in [-0.39, 0.29) is 11.3 Å². The van der Waals surface area contributed by atoms with Crippen molar-refractivity contribution in [3.63, 3.8) is 0 Å². The van der Waals surface area contributed by atoms with Gasteiger partial charge >= 0.3 is 0 Å². The zero-order valence-electron chi connectivity index (χ0n) is 21.4. The first-order valence-electron chi connectivity index (χ1n) is 12.5. The van der Waals surface area contributed by atoms with Crippen LogP contribution in [0.4, 0.5) is 0 Å². The minimum absolute atomic E-state index is 0.113. The number of amides is 1. The van der Waals surface area contributed by atoms with Crippen LogP contribution in [0.5, 0.6) is 0 Å². The van der Waals surface area contributed by atoms with E-state index in [2.05, 4.69) is 23.8 Å². The van der Waals surface area contributed by atoms with Crippen LogP contribution in [0.3, 0.4) is 0 Å². The second-order valence-electron chi connectivity index (χ2n) is 9.17. The van der Waals surface area contributed by atoms with E-state index in [0.717, 1.165) is 42.9 Å². The molecule has 0 saturated carbocycles. The minimum Gasteiger partial charge on any atom is -0.507 e. The molecule has 0 spiro atoms. The molecular weight excluding hydrogens is 452 g/mol. The van der Waals surface area contributed by atoms with Crippen LogP contribution in [-0.4, -0.2) is 62.6 Å². The van der Waals surface area contributed by atoms with Crippen LogP contribution in [0.2, 0.25) is 0 Å². The molecule has 0 bridgehead atoms. The number of aliphatic hydroxyl groups excluding tert-OH is 1. The number of ketones is 1. The average molecular weight is 487 g/mol. The number of aryl methyl sites for hydroxylation is 1. The molecule has 1 N–H and O–H groups in total. The van der Waals surface area contributed by atoms with Crippen molar-refractivity contribution in [2.24, 2.45) is 0 Å². The highest BCUT2D eigenvalue weighted by Crippen LogP contribution is 2.40. The van der Waals surface area contributed by atoms with Crippen molar-refractivity contribution < 1.29 is 14.7 Å². The van der Waals surface area contributed by atoms with Gasteiger partial charge in [0.15, 0.2) is 0 Å². The predicted molar refractivity (Wildman–Crippen MR) is 141 cm³/mol. The van der Waals surface area contributed by atoms with E-state index in [1.54, 1.807) is 15.8 Å². The Labute approximate surface area is 212 Å². The zero-order chi connectivity index (χ0) is 25.8. The number of nitrogens with zero attached hydrogens (tertiary/aromatic N) is 4. The molecule has 1 aliphatic heterocycles. The SMILES string of the molecule is CCN(CC)CCCN1C(=O)C(=O)C(=C(O)c2cnn(-c3ccccc3)c2C)C1c1ccc(C)cc1. The number of aromatic nitrogens is 2. The maximum atomic E-state index is 13.3. The second kappa shape index (κ2) is 10.9. The van der Waals surface area contributed by atoms with E-state index in [4.69, 9.17) is 0 Å². The van der Waals surface area contributed by atoms with E-state index >= 15 is 0 Å². The number of aliphatic hydroxyl groups is 1. The highest BCUT2D eigenvalue weighted by Gasteiger charge is 2.46. The maximum absolute atomic E-state index is 13.3. The summed E-state index contributed by atoms with van der Waals surface area (Å²) in [5.74, 6) is -1.42. The van der Waals surface area contributed by atoms with Gasteiger partial charge in [-0.15, -0.1) is 0 Å². The Morgan fingerprint density at radius 3 is 2.31 bits per heavy atom. The van der Waals surface area contributed by atoms with Gasteiger partial charge in [0.2, 0.25) is 0 Å². The van der Waals surface area contributed by atoms with Gasteiger partial charge in [-0.25, -0.2) is 4.68 Å². The van der Waals surface area contributed by atoms with Gasteiger partial charge in [0.1, 0.15) is 5.76 Å². The molecular formula is C29H34N4O3. The highest BCUT2D eigenvalue weighted by atomic mass is 16.3. The Morgan fingerprint density at radius 1 is 1.00 bits per heavy atom. The van der Waals surface area contributed by atoms with Gasteiger partial charge in [0, 0.05) is 6.54 Å². The number of para-hydroxylation sites is 1. The first kappa shape index (κ1) is 25.4. The van der Waals surface area contributed by atoms with Crippen LogP contribution in [0, 0.1) is 13.8 Å². The maximum Gasteiger partial charge on any atom is 0.295 e. The number of likely N-dealkylation sites (tertiary alicyclic amines) is 1. The minimum atomic E-state index is -0.659. The third kappa shape index (κ3) is 4.84. The predicted octanol–water partition coefficient (Wildman–Crippen LogP) is 4.64. The van der Waals surface area contributed by atoms with Gasteiger partial charge in [0.25, 0.3) is 11.7 Å². The van der Waals surface area contributed by atoms with Crippen molar-refractivity contribution in [2.75, 3.05) is 26.2 Å². The molecule has 1 atom stereocenters. The summed E-state index contributed by atoms with van der Waals surface area (Å²) in [6, 6.07) is 16.7. The van der Waals surface area contributed by atoms with Gasteiger partial charge in [-0.1, -0.05) is 61.9 Å². The van der Waals surface area contributed by atoms with Crippen LogP contribution >= 0.6 is 0 Å². The molecule has 1 aliphatic rings. The summed E-state index contributed by atoms with van der Waals surface area (Å²) in [5, 5.41) is 15.9. The monoisotopic (exact) mass is 486 g/mol. The van der Waals surface area contributed by atoms with Crippen molar-refractivity contribution >= 4 is 17.4 Å². The lowest BCUT2D eigenvalue weighted by Gasteiger charge is -2.27. The average Bonchev–Trinajstić information content (AvgIpc) is 3.40. The molecule has 2 aromatic carbocycles. The first-order chi connectivity index (χ1) is 17.4. The van der Waals surface area contributed by atoms with Gasteiger partial charge < -0.3 is 14.9 Å². The normalized spacial score (nSPS) is 17.4. The number of rotatable bonds is 9. The van der Waals surface area contributed by atoms with Crippen molar-refractivity contribution in [1.82, 2.24) is 19.6 Å². The summed E-state index contributed by atoms with van der Waals surface area (Å²) < 4.78 is 1.72. The summed E-state index contributed by atoms with van der Waals surface area (Å²) >= 11 is 0. The Kier molecular flexibility index (Phi) is 7.70. The molecule has 0 aliphatic carbocycles. The lowest BCUT2D eigenvalue weighted by molar-refractivity contribution is -0.140. The number of benzene rings is 2. The number of carbonyl (C=O) groups is 2. The summed E-state index contributed by atoms with van der Waals surface area (Å²) in [6.07, 6.45) is 2.29. The third-order valence-corrected chi connectivity index (χ3v) is 6.97.